The number of halogens is 1. The zero-order chi connectivity index (χ0) is 13.9. The van der Waals surface area contributed by atoms with Crippen LogP contribution in [0.25, 0.3) is 0 Å². The van der Waals surface area contributed by atoms with E-state index in [0.29, 0.717) is 5.92 Å². The first-order valence-electron chi connectivity index (χ1n) is 6.16. The third kappa shape index (κ3) is 4.21. The Morgan fingerprint density at radius 1 is 1.33 bits per heavy atom. The minimum absolute atomic E-state index is 0.000353. The molecule has 1 aromatic rings. The molecule has 0 fully saturated rings. The van der Waals surface area contributed by atoms with Gasteiger partial charge in [0.15, 0.2) is 0 Å². The molecule has 0 aromatic carbocycles. The molecule has 102 valence electrons. The molecule has 18 heavy (non-hydrogen) atoms. The minimum atomic E-state index is -0.104. The van der Waals surface area contributed by atoms with Crippen molar-refractivity contribution in [3.05, 3.63) is 16.5 Å². The van der Waals surface area contributed by atoms with Crippen LogP contribution in [0.15, 0.2) is 10.7 Å². The van der Waals surface area contributed by atoms with Gasteiger partial charge in [-0.05, 0) is 21.8 Å². The van der Waals surface area contributed by atoms with Crippen molar-refractivity contribution in [1.82, 2.24) is 9.97 Å². The molecule has 0 aliphatic carbocycles. The summed E-state index contributed by atoms with van der Waals surface area (Å²) in [5, 5.41) is 12.6. The van der Waals surface area contributed by atoms with E-state index in [-0.39, 0.29) is 18.1 Å². The van der Waals surface area contributed by atoms with Gasteiger partial charge in [0, 0.05) is 11.5 Å². The zero-order valence-electron chi connectivity index (χ0n) is 11.7. The maximum atomic E-state index is 9.34. The molecule has 1 atom stereocenters. The Hall–Kier alpha value is -0.680. The highest BCUT2D eigenvalue weighted by atomic mass is 79.9. The Morgan fingerprint density at radius 3 is 2.39 bits per heavy atom. The molecular weight excluding hydrogens is 294 g/mol. The summed E-state index contributed by atoms with van der Waals surface area (Å²) in [6, 6.07) is 1.83. The van der Waals surface area contributed by atoms with Gasteiger partial charge >= 0.3 is 0 Å². The molecule has 0 aliphatic rings. The van der Waals surface area contributed by atoms with Crippen LogP contribution >= 0.6 is 15.9 Å². The number of rotatable bonds is 4. The number of nitrogens with one attached hydrogen (secondary N) is 1. The SMILES string of the molecule is CC(C)[C@@H](CO)Nc1cc(Br)nc(C(C)(C)C)n1. The first kappa shape index (κ1) is 15.4. The number of aliphatic hydroxyl groups is 1. The van der Waals surface area contributed by atoms with Crippen LogP contribution in [0.3, 0.4) is 0 Å². The second kappa shape index (κ2) is 5.97. The summed E-state index contributed by atoms with van der Waals surface area (Å²) in [7, 11) is 0. The van der Waals surface area contributed by atoms with Crippen molar-refractivity contribution in [3.8, 4) is 0 Å². The average Bonchev–Trinajstić information content (AvgIpc) is 2.23. The molecule has 4 nitrogen and oxygen atoms in total. The molecule has 2 N–H and O–H groups in total. The van der Waals surface area contributed by atoms with Crippen molar-refractivity contribution < 1.29 is 5.11 Å². The van der Waals surface area contributed by atoms with Gasteiger partial charge < -0.3 is 10.4 Å². The lowest BCUT2D eigenvalue weighted by atomic mass is 9.96. The molecule has 0 aliphatic heterocycles. The quantitative estimate of drug-likeness (QED) is 0.839. The summed E-state index contributed by atoms with van der Waals surface area (Å²) >= 11 is 3.40. The maximum absolute atomic E-state index is 9.34. The third-order valence-electron chi connectivity index (χ3n) is 2.70. The first-order chi connectivity index (χ1) is 8.24. The van der Waals surface area contributed by atoms with Gasteiger partial charge in [-0.2, -0.15) is 0 Å². The van der Waals surface area contributed by atoms with Gasteiger partial charge in [0.1, 0.15) is 16.2 Å². The van der Waals surface area contributed by atoms with Crippen LogP contribution in [0.2, 0.25) is 0 Å². The molecule has 5 heteroatoms. The van der Waals surface area contributed by atoms with Gasteiger partial charge in [0.05, 0.1) is 12.6 Å². The molecule has 1 aromatic heterocycles. The molecule has 0 saturated carbocycles. The second-order valence-corrected chi connectivity index (χ2v) is 6.64. The number of hydrogen-bond donors (Lipinski definition) is 2. The van der Waals surface area contributed by atoms with Crippen LogP contribution in [0.1, 0.15) is 40.4 Å². The Bertz CT molecular complexity index is 402. The molecule has 0 spiro atoms. The predicted molar refractivity (Wildman–Crippen MR) is 77.8 cm³/mol. The molecule has 0 radical (unpaired) electrons. The van der Waals surface area contributed by atoms with E-state index in [4.69, 9.17) is 0 Å². The van der Waals surface area contributed by atoms with E-state index >= 15 is 0 Å². The average molecular weight is 316 g/mol. The number of anilines is 1. The lowest BCUT2D eigenvalue weighted by molar-refractivity contribution is 0.249. The number of aliphatic hydroxyl groups excluding tert-OH is 1. The summed E-state index contributed by atoms with van der Waals surface area (Å²) in [6.45, 7) is 10.4. The lowest BCUT2D eigenvalue weighted by Crippen LogP contribution is -2.30. The van der Waals surface area contributed by atoms with Crippen molar-refractivity contribution >= 4 is 21.7 Å². The smallest absolute Gasteiger partial charge is 0.137 e. The molecule has 1 heterocycles. The maximum Gasteiger partial charge on any atom is 0.137 e. The third-order valence-corrected chi connectivity index (χ3v) is 3.11. The van der Waals surface area contributed by atoms with Gasteiger partial charge in [-0.25, -0.2) is 9.97 Å². The van der Waals surface area contributed by atoms with E-state index in [1.807, 2.05) is 6.07 Å². The van der Waals surface area contributed by atoms with Crippen molar-refractivity contribution in [2.45, 2.75) is 46.1 Å². The fraction of sp³-hybridized carbons (Fsp3) is 0.692. The Morgan fingerprint density at radius 2 is 1.94 bits per heavy atom. The molecule has 0 amide bonds. The van der Waals surface area contributed by atoms with Crippen LogP contribution in [-0.4, -0.2) is 27.7 Å². The Labute approximate surface area is 117 Å². The van der Waals surface area contributed by atoms with Gasteiger partial charge in [0.25, 0.3) is 0 Å². The molecule has 0 saturated heterocycles. The van der Waals surface area contributed by atoms with Crippen molar-refractivity contribution in [1.29, 1.82) is 0 Å². The largest absolute Gasteiger partial charge is 0.394 e. The fourth-order valence-electron chi connectivity index (χ4n) is 1.44. The van der Waals surface area contributed by atoms with Crippen molar-refractivity contribution in [2.24, 2.45) is 5.92 Å². The highest BCUT2D eigenvalue weighted by Crippen LogP contribution is 2.23. The van der Waals surface area contributed by atoms with Crippen molar-refractivity contribution in [3.63, 3.8) is 0 Å². The summed E-state index contributed by atoms with van der Waals surface area (Å²) < 4.78 is 0.755. The number of aromatic nitrogens is 2. The zero-order valence-corrected chi connectivity index (χ0v) is 13.2. The fourth-order valence-corrected chi connectivity index (χ4v) is 1.82. The van der Waals surface area contributed by atoms with E-state index in [2.05, 4.69) is 65.8 Å². The summed E-state index contributed by atoms with van der Waals surface area (Å²) in [4.78, 5) is 8.90. The molecule has 0 bridgehead atoms. The summed E-state index contributed by atoms with van der Waals surface area (Å²) in [6.07, 6.45) is 0. The van der Waals surface area contributed by atoms with Crippen molar-refractivity contribution in [2.75, 3.05) is 11.9 Å². The van der Waals surface area contributed by atoms with Crippen LogP contribution in [0, 0.1) is 5.92 Å². The standard InChI is InChI=1S/C13H22BrN3O/c1-8(2)9(7-18)15-11-6-10(14)16-12(17-11)13(3,4)5/h6,8-9,18H,7H2,1-5H3,(H,15,16,17)/t9-/m1/s1. The van der Waals surface area contributed by atoms with Crippen LogP contribution in [0.4, 0.5) is 5.82 Å². The minimum Gasteiger partial charge on any atom is -0.394 e. The summed E-state index contributed by atoms with van der Waals surface area (Å²) in [5.41, 5.74) is -0.104. The van der Waals surface area contributed by atoms with Gasteiger partial charge in [0.2, 0.25) is 0 Å². The van der Waals surface area contributed by atoms with Gasteiger partial charge in [-0.3, -0.25) is 0 Å². The molecule has 1 rings (SSSR count). The predicted octanol–water partition coefficient (Wildman–Crippen LogP) is 2.97. The first-order valence-corrected chi connectivity index (χ1v) is 6.95. The number of hydrogen-bond acceptors (Lipinski definition) is 4. The van der Waals surface area contributed by atoms with E-state index in [1.54, 1.807) is 0 Å². The highest BCUT2D eigenvalue weighted by Gasteiger charge is 2.20. The van der Waals surface area contributed by atoms with E-state index in [9.17, 15) is 5.11 Å². The van der Waals surface area contributed by atoms with Crippen LogP contribution < -0.4 is 5.32 Å². The summed E-state index contributed by atoms with van der Waals surface area (Å²) in [5.74, 6) is 1.86. The normalized spacial score (nSPS) is 13.8. The monoisotopic (exact) mass is 315 g/mol. The van der Waals surface area contributed by atoms with E-state index in [1.165, 1.54) is 0 Å². The van der Waals surface area contributed by atoms with E-state index < -0.39 is 0 Å². The van der Waals surface area contributed by atoms with Crippen LogP contribution in [-0.2, 0) is 5.41 Å². The van der Waals surface area contributed by atoms with E-state index in [0.717, 1.165) is 16.2 Å². The topological polar surface area (TPSA) is 58.0 Å². The van der Waals surface area contributed by atoms with Gasteiger partial charge in [-0.15, -0.1) is 0 Å². The number of nitrogens with zero attached hydrogens (tertiary/aromatic N) is 2. The Kier molecular flexibility index (Phi) is 5.10. The second-order valence-electron chi connectivity index (χ2n) is 5.83. The molecular formula is C13H22BrN3O. The lowest BCUT2D eigenvalue weighted by Gasteiger charge is -2.22. The molecule has 0 unspecified atom stereocenters. The Balaban J connectivity index is 3.00. The van der Waals surface area contributed by atoms with Gasteiger partial charge in [-0.1, -0.05) is 34.6 Å². The highest BCUT2D eigenvalue weighted by molar-refractivity contribution is 9.10. The van der Waals surface area contributed by atoms with Crippen LogP contribution in [0.5, 0.6) is 0 Å².